The summed E-state index contributed by atoms with van der Waals surface area (Å²) >= 11 is 5.75. The Morgan fingerprint density at radius 3 is 2.21 bits per heavy atom. The van der Waals surface area contributed by atoms with Crippen LogP contribution in [-0.2, 0) is 14.8 Å². The van der Waals surface area contributed by atoms with Crippen molar-refractivity contribution >= 4 is 33.4 Å². The summed E-state index contributed by atoms with van der Waals surface area (Å²) in [5.41, 5.74) is 4.71. The maximum Gasteiger partial charge on any atom is 0.269 e. The SMILES string of the molecule is O=C(CN(C1CC1)S(=O)(=O)c1ccc(F)cc1)NNC(=O)c1ccc(Cl)cc1. The Morgan fingerprint density at radius 1 is 1.04 bits per heavy atom. The Labute approximate surface area is 166 Å². The van der Waals surface area contributed by atoms with Gasteiger partial charge in [-0.15, -0.1) is 0 Å². The van der Waals surface area contributed by atoms with Crippen molar-refractivity contribution in [2.75, 3.05) is 6.54 Å². The average Bonchev–Trinajstić information content (AvgIpc) is 3.50. The number of carbonyl (C=O) groups excluding carboxylic acids is 2. The minimum absolute atomic E-state index is 0.0983. The van der Waals surface area contributed by atoms with Crippen LogP contribution in [0.25, 0.3) is 0 Å². The molecular formula is C18H17ClFN3O4S. The van der Waals surface area contributed by atoms with Gasteiger partial charge < -0.3 is 0 Å². The summed E-state index contributed by atoms with van der Waals surface area (Å²) in [7, 11) is -3.97. The minimum atomic E-state index is -3.97. The second kappa shape index (κ2) is 8.26. The molecule has 1 aliphatic rings. The number of sulfonamides is 1. The van der Waals surface area contributed by atoms with Crippen LogP contribution in [0.1, 0.15) is 23.2 Å². The highest BCUT2D eigenvalue weighted by Gasteiger charge is 2.39. The summed E-state index contributed by atoms with van der Waals surface area (Å²) in [5.74, 6) is -1.82. The Kier molecular flexibility index (Phi) is 5.97. The second-order valence-corrected chi connectivity index (χ2v) is 8.57. The number of benzene rings is 2. The second-order valence-electron chi connectivity index (χ2n) is 6.24. The average molecular weight is 426 g/mol. The third-order valence-corrected chi connectivity index (χ3v) is 6.26. The van der Waals surface area contributed by atoms with E-state index < -0.39 is 34.2 Å². The molecule has 1 fully saturated rings. The standard InChI is InChI=1S/C18H17ClFN3O4S/c19-13-3-1-12(2-4-13)18(25)22-21-17(24)11-23(15-7-8-15)28(26,27)16-9-5-14(20)6-10-16/h1-6,9-10,15H,7-8,11H2,(H,21,24)(H,22,25). The third-order valence-electron chi connectivity index (χ3n) is 4.10. The van der Waals surface area contributed by atoms with Crippen LogP contribution in [0, 0.1) is 5.82 Å². The van der Waals surface area contributed by atoms with E-state index in [1.165, 1.54) is 24.3 Å². The van der Waals surface area contributed by atoms with Crippen LogP contribution in [0.15, 0.2) is 53.4 Å². The van der Waals surface area contributed by atoms with Crippen LogP contribution in [0.5, 0.6) is 0 Å². The number of hydrogen-bond donors (Lipinski definition) is 2. The molecule has 0 bridgehead atoms. The molecule has 2 aromatic carbocycles. The smallest absolute Gasteiger partial charge is 0.269 e. The number of hydrogen-bond acceptors (Lipinski definition) is 4. The first-order valence-electron chi connectivity index (χ1n) is 8.39. The Bertz CT molecular complexity index is 977. The summed E-state index contributed by atoms with van der Waals surface area (Å²) < 4.78 is 39.7. The molecule has 2 N–H and O–H groups in total. The zero-order valence-electron chi connectivity index (χ0n) is 14.6. The summed E-state index contributed by atoms with van der Waals surface area (Å²) in [6, 6.07) is 10.1. The maximum absolute atomic E-state index is 13.1. The third kappa shape index (κ3) is 4.86. The summed E-state index contributed by atoms with van der Waals surface area (Å²) in [6.07, 6.45) is 1.26. The summed E-state index contributed by atoms with van der Waals surface area (Å²) in [4.78, 5) is 24.1. The van der Waals surface area contributed by atoms with E-state index in [1.54, 1.807) is 0 Å². The van der Waals surface area contributed by atoms with Gasteiger partial charge in [0.1, 0.15) is 5.82 Å². The number of rotatable bonds is 6. The molecule has 0 spiro atoms. The number of nitrogens with one attached hydrogen (secondary N) is 2. The van der Waals surface area contributed by atoms with Gasteiger partial charge in [-0.2, -0.15) is 4.31 Å². The first-order chi connectivity index (χ1) is 13.3. The minimum Gasteiger partial charge on any atom is -0.272 e. The van der Waals surface area contributed by atoms with Crippen LogP contribution in [0.2, 0.25) is 5.02 Å². The van der Waals surface area contributed by atoms with Gasteiger partial charge in [0.05, 0.1) is 11.4 Å². The van der Waals surface area contributed by atoms with E-state index in [1.807, 2.05) is 0 Å². The molecule has 0 aromatic heterocycles. The van der Waals surface area contributed by atoms with Crippen molar-refractivity contribution in [2.45, 2.75) is 23.8 Å². The van der Waals surface area contributed by atoms with Crippen LogP contribution in [-0.4, -0.2) is 37.1 Å². The number of nitrogens with zero attached hydrogens (tertiary/aromatic N) is 1. The fourth-order valence-corrected chi connectivity index (χ4v) is 4.26. The molecule has 2 aromatic rings. The zero-order valence-corrected chi connectivity index (χ0v) is 16.1. The van der Waals surface area contributed by atoms with Crippen LogP contribution in [0.4, 0.5) is 4.39 Å². The maximum atomic E-state index is 13.1. The zero-order chi connectivity index (χ0) is 20.3. The molecule has 2 amide bonds. The van der Waals surface area contributed by atoms with Gasteiger partial charge in [-0.1, -0.05) is 11.6 Å². The molecule has 0 aliphatic heterocycles. The van der Waals surface area contributed by atoms with E-state index in [2.05, 4.69) is 10.9 Å². The van der Waals surface area contributed by atoms with Crippen molar-refractivity contribution < 1.29 is 22.4 Å². The predicted molar refractivity (Wildman–Crippen MR) is 100 cm³/mol. The van der Waals surface area contributed by atoms with Crippen molar-refractivity contribution in [2.24, 2.45) is 0 Å². The van der Waals surface area contributed by atoms with E-state index >= 15 is 0 Å². The van der Waals surface area contributed by atoms with Crippen molar-refractivity contribution in [3.8, 4) is 0 Å². The van der Waals surface area contributed by atoms with E-state index in [0.29, 0.717) is 17.9 Å². The lowest BCUT2D eigenvalue weighted by Crippen LogP contribution is -2.48. The molecule has 0 unspecified atom stereocenters. The molecule has 1 aliphatic carbocycles. The number of hydrazine groups is 1. The highest BCUT2D eigenvalue weighted by molar-refractivity contribution is 7.89. The monoisotopic (exact) mass is 425 g/mol. The molecular weight excluding hydrogens is 409 g/mol. The van der Waals surface area contributed by atoms with Gasteiger partial charge in [0.15, 0.2) is 0 Å². The van der Waals surface area contributed by atoms with Crippen molar-refractivity contribution in [1.82, 2.24) is 15.2 Å². The van der Waals surface area contributed by atoms with E-state index in [9.17, 15) is 22.4 Å². The van der Waals surface area contributed by atoms with Crippen LogP contribution in [0.3, 0.4) is 0 Å². The Hall–Kier alpha value is -2.49. The predicted octanol–water partition coefficient (Wildman–Crippen LogP) is 2.09. The molecule has 0 heterocycles. The lowest BCUT2D eigenvalue weighted by atomic mass is 10.2. The molecule has 0 radical (unpaired) electrons. The quantitative estimate of drug-likeness (QED) is 0.693. The fourth-order valence-electron chi connectivity index (χ4n) is 2.50. The van der Waals surface area contributed by atoms with Crippen LogP contribution >= 0.6 is 11.6 Å². The van der Waals surface area contributed by atoms with Crippen molar-refractivity contribution in [1.29, 1.82) is 0 Å². The molecule has 3 rings (SSSR count). The first-order valence-corrected chi connectivity index (χ1v) is 10.2. The molecule has 148 valence electrons. The summed E-state index contributed by atoms with van der Waals surface area (Å²) in [5, 5.41) is 0.465. The van der Waals surface area contributed by atoms with Gasteiger partial charge in [0.25, 0.3) is 11.8 Å². The number of amides is 2. The van der Waals surface area contributed by atoms with Crippen molar-refractivity contribution in [3.63, 3.8) is 0 Å². The highest BCUT2D eigenvalue weighted by atomic mass is 35.5. The van der Waals surface area contributed by atoms with E-state index in [0.717, 1.165) is 28.6 Å². The van der Waals surface area contributed by atoms with E-state index in [4.69, 9.17) is 11.6 Å². The molecule has 7 nitrogen and oxygen atoms in total. The molecule has 0 saturated heterocycles. The molecule has 0 atom stereocenters. The van der Waals surface area contributed by atoms with Gasteiger partial charge in [0, 0.05) is 16.6 Å². The first kappa shape index (κ1) is 20.2. The molecule has 1 saturated carbocycles. The van der Waals surface area contributed by atoms with Gasteiger partial charge in [-0.25, -0.2) is 12.8 Å². The van der Waals surface area contributed by atoms with Gasteiger partial charge in [-0.3, -0.25) is 20.4 Å². The normalized spacial score (nSPS) is 14.0. The van der Waals surface area contributed by atoms with Crippen LogP contribution < -0.4 is 10.9 Å². The van der Waals surface area contributed by atoms with Gasteiger partial charge >= 0.3 is 0 Å². The van der Waals surface area contributed by atoms with Gasteiger partial charge in [0.2, 0.25) is 10.0 Å². The lowest BCUT2D eigenvalue weighted by Gasteiger charge is -2.21. The Balaban J connectivity index is 1.64. The Morgan fingerprint density at radius 2 is 1.64 bits per heavy atom. The molecule has 28 heavy (non-hydrogen) atoms. The number of halogens is 2. The van der Waals surface area contributed by atoms with E-state index in [-0.39, 0.29) is 16.5 Å². The largest absolute Gasteiger partial charge is 0.272 e. The number of carbonyl (C=O) groups is 2. The highest BCUT2D eigenvalue weighted by Crippen LogP contribution is 2.31. The lowest BCUT2D eigenvalue weighted by molar-refractivity contribution is -0.122. The summed E-state index contributed by atoms with van der Waals surface area (Å²) in [6.45, 7) is -0.467. The fraction of sp³-hybridized carbons (Fsp3) is 0.222. The van der Waals surface area contributed by atoms with Crippen molar-refractivity contribution in [3.05, 3.63) is 64.9 Å². The van der Waals surface area contributed by atoms with Gasteiger partial charge in [-0.05, 0) is 61.4 Å². The molecule has 10 heteroatoms. The topological polar surface area (TPSA) is 95.6 Å².